The molecular formula is C15H16N2O3. The van der Waals surface area contributed by atoms with Crippen molar-refractivity contribution in [3.63, 3.8) is 0 Å². The van der Waals surface area contributed by atoms with Crippen LogP contribution in [-0.2, 0) is 20.9 Å². The molecule has 1 aromatic carbocycles. The number of esters is 1. The van der Waals surface area contributed by atoms with Crippen LogP contribution >= 0.6 is 0 Å². The van der Waals surface area contributed by atoms with Crippen molar-refractivity contribution in [2.75, 3.05) is 13.7 Å². The maximum Gasteiger partial charge on any atom is 0.310 e. The lowest BCUT2D eigenvalue weighted by atomic mass is 10.1. The molecule has 1 saturated heterocycles. The molecule has 1 N–H and O–H groups in total. The maximum atomic E-state index is 11.9. The zero-order valence-corrected chi connectivity index (χ0v) is 11.3. The van der Waals surface area contributed by atoms with Crippen LogP contribution < -0.4 is 0 Å². The van der Waals surface area contributed by atoms with Gasteiger partial charge in [-0.15, -0.1) is 0 Å². The summed E-state index contributed by atoms with van der Waals surface area (Å²) in [6.07, 6.45) is 2.14. The van der Waals surface area contributed by atoms with E-state index in [1.807, 2.05) is 30.5 Å². The quantitative estimate of drug-likeness (QED) is 0.865. The van der Waals surface area contributed by atoms with Crippen LogP contribution in [0.25, 0.3) is 10.9 Å². The number of benzene rings is 1. The number of nitrogens with one attached hydrogen (secondary N) is 1. The second kappa shape index (κ2) is 5.00. The Kier molecular flexibility index (Phi) is 3.18. The van der Waals surface area contributed by atoms with E-state index in [2.05, 4.69) is 4.98 Å². The highest BCUT2D eigenvalue weighted by molar-refractivity contribution is 5.87. The summed E-state index contributed by atoms with van der Waals surface area (Å²) >= 11 is 0. The van der Waals surface area contributed by atoms with E-state index >= 15 is 0 Å². The molecule has 104 valence electrons. The summed E-state index contributed by atoms with van der Waals surface area (Å²) in [5, 5.41) is 1.15. The molecule has 0 bridgehead atoms. The van der Waals surface area contributed by atoms with E-state index in [1.54, 1.807) is 4.90 Å². The number of H-pyrrole nitrogens is 1. The van der Waals surface area contributed by atoms with Gasteiger partial charge >= 0.3 is 5.97 Å². The van der Waals surface area contributed by atoms with Crippen LogP contribution in [0.3, 0.4) is 0 Å². The standard InChI is InChI=1S/C15H16N2O3/c1-20-15(19)12-7-14(18)17(9-12)8-10-2-3-11-4-5-16-13(11)6-10/h2-6,12,16H,7-9H2,1H3. The molecule has 0 radical (unpaired) electrons. The minimum atomic E-state index is -0.332. The van der Waals surface area contributed by atoms with Gasteiger partial charge in [0.05, 0.1) is 13.0 Å². The summed E-state index contributed by atoms with van der Waals surface area (Å²) in [7, 11) is 1.36. The lowest BCUT2D eigenvalue weighted by molar-refractivity contribution is -0.145. The fourth-order valence-electron chi connectivity index (χ4n) is 2.66. The van der Waals surface area contributed by atoms with E-state index < -0.39 is 0 Å². The largest absolute Gasteiger partial charge is 0.469 e. The van der Waals surface area contributed by atoms with Crippen molar-refractivity contribution < 1.29 is 14.3 Å². The van der Waals surface area contributed by atoms with Crippen LogP contribution in [0.2, 0.25) is 0 Å². The zero-order chi connectivity index (χ0) is 14.1. The molecule has 5 nitrogen and oxygen atoms in total. The van der Waals surface area contributed by atoms with Crippen molar-refractivity contribution in [3.8, 4) is 0 Å². The Morgan fingerprint density at radius 1 is 1.45 bits per heavy atom. The minimum absolute atomic E-state index is 0.00647. The van der Waals surface area contributed by atoms with Crippen LogP contribution in [0, 0.1) is 5.92 Å². The number of aromatic amines is 1. The average Bonchev–Trinajstić information content (AvgIpc) is 3.05. The number of rotatable bonds is 3. The van der Waals surface area contributed by atoms with Gasteiger partial charge in [0.1, 0.15) is 0 Å². The van der Waals surface area contributed by atoms with E-state index in [0.29, 0.717) is 13.1 Å². The molecule has 2 heterocycles. The Hall–Kier alpha value is -2.30. The summed E-state index contributed by atoms with van der Waals surface area (Å²) in [5.74, 6) is -0.630. The van der Waals surface area contributed by atoms with Crippen LogP contribution in [0.4, 0.5) is 0 Å². The van der Waals surface area contributed by atoms with E-state index in [-0.39, 0.29) is 24.2 Å². The average molecular weight is 272 g/mol. The van der Waals surface area contributed by atoms with Crippen LogP contribution in [0.1, 0.15) is 12.0 Å². The Labute approximate surface area is 116 Å². The number of hydrogen-bond acceptors (Lipinski definition) is 3. The zero-order valence-electron chi connectivity index (χ0n) is 11.3. The number of amides is 1. The van der Waals surface area contributed by atoms with Crippen molar-refractivity contribution in [1.29, 1.82) is 0 Å². The third-order valence-electron chi connectivity index (χ3n) is 3.74. The molecule has 1 amide bonds. The molecule has 20 heavy (non-hydrogen) atoms. The number of ether oxygens (including phenoxy) is 1. The van der Waals surface area contributed by atoms with Crippen LogP contribution in [-0.4, -0.2) is 35.4 Å². The van der Waals surface area contributed by atoms with Gasteiger partial charge in [-0.2, -0.15) is 0 Å². The molecule has 1 aromatic heterocycles. The lowest BCUT2D eigenvalue weighted by Crippen LogP contribution is -2.26. The van der Waals surface area contributed by atoms with Crippen molar-refractivity contribution in [3.05, 3.63) is 36.0 Å². The highest BCUT2D eigenvalue weighted by Crippen LogP contribution is 2.22. The van der Waals surface area contributed by atoms with E-state index in [0.717, 1.165) is 16.5 Å². The Morgan fingerprint density at radius 2 is 2.30 bits per heavy atom. The Morgan fingerprint density at radius 3 is 3.10 bits per heavy atom. The number of likely N-dealkylation sites (tertiary alicyclic amines) is 1. The first kappa shape index (κ1) is 12.7. The van der Waals surface area contributed by atoms with Gasteiger partial charge in [0.2, 0.25) is 5.91 Å². The number of aromatic nitrogens is 1. The molecule has 5 heteroatoms. The van der Waals surface area contributed by atoms with E-state index in [4.69, 9.17) is 4.74 Å². The number of carbonyl (C=O) groups excluding carboxylic acids is 2. The third-order valence-corrected chi connectivity index (χ3v) is 3.74. The fraction of sp³-hybridized carbons (Fsp3) is 0.333. The molecule has 1 aliphatic rings. The number of methoxy groups -OCH3 is 1. The number of hydrogen-bond donors (Lipinski definition) is 1. The van der Waals surface area contributed by atoms with Gasteiger partial charge in [0.15, 0.2) is 0 Å². The monoisotopic (exact) mass is 272 g/mol. The summed E-state index contributed by atoms with van der Waals surface area (Å²) < 4.78 is 4.71. The van der Waals surface area contributed by atoms with Gasteiger partial charge in [-0.05, 0) is 23.1 Å². The van der Waals surface area contributed by atoms with Crippen LogP contribution in [0.5, 0.6) is 0 Å². The van der Waals surface area contributed by atoms with Gasteiger partial charge in [0, 0.05) is 31.2 Å². The number of fused-ring (bicyclic) bond motifs is 1. The van der Waals surface area contributed by atoms with Crippen molar-refractivity contribution >= 4 is 22.8 Å². The molecule has 3 rings (SSSR count). The predicted molar refractivity (Wildman–Crippen MR) is 73.8 cm³/mol. The third kappa shape index (κ3) is 2.27. The molecule has 0 aliphatic carbocycles. The normalized spacial score (nSPS) is 18.8. The summed E-state index contributed by atoms with van der Waals surface area (Å²) in [4.78, 5) is 28.3. The maximum absolute atomic E-state index is 11.9. The van der Waals surface area contributed by atoms with E-state index in [1.165, 1.54) is 7.11 Å². The second-order valence-corrected chi connectivity index (χ2v) is 5.10. The molecule has 1 atom stereocenters. The first-order valence-corrected chi connectivity index (χ1v) is 6.59. The van der Waals surface area contributed by atoms with Gasteiger partial charge in [-0.3, -0.25) is 9.59 Å². The smallest absolute Gasteiger partial charge is 0.310 e. The van der Waals surface area contributed by atoms with Crippen molar-refractivity contribution in [2.24, 2.45) is 5.92 Å². The summed E-state index contributed by atoms with van der Waals surface area (Å²) in [6, 6.07) is 8.08. The highest BCUT2D eigenvalue weighted by atomic mass is 16.5. The molecule has 1 aliphatic heterocycles. The number of nitrogens with zero attached hydrogens (tertiary/aromatic N) is 1. The molecule has 2 aromatic rings. The topological polar surface area (TPSA) is 62.4 Å². The van der Waals surface area contributed by atoms with Crippen molar-refractivity contribution in [2.45, 2.75) is 13.0 Å². The number of carbonyl (C=O) groups is 2. The van der Waals surface area contributed by atoms with Gasteiger partial charge in [-0.1, -0.05) is 12.1 Å². The molecule has 1 unspecified atom stereocenters. The second-order valence-electron chi connectivity index (χ2n) is 5.10. The molecule has 0 saturated carbocycles. The van der Waals surface area contributed by atoms with Crippen LogP contribution in [0.15, 0.2) is 30.5 Å². The SMILES string of the molecule is COC(=O)C1CC(=O)N(Cc2ccc3cc[nH]c3c2)C1. The minimum Gasteiger partial charge on any atom is -0.469 e. The first-order valence-electron chi connectivity index (χ1n) is 6.59. The molecular weight excluding hydrogens is 256 g/mol. The van der Waals surface area contributed by atoms with Gasteiger partial charge in [0.25, 0.3) is 0 Å². The van der Waals surface area contributed by atoms with E-state index in [9.17, 15) is 9.59 Å². The lowest BCUT2D eigenvalue weighted by Gasteiger charge is -2.16. The predicted octanol–water partition coefficient (Wildman–Crippen LogP) is 1.69. The van der Waals surface area contributed by atoms with Crippen molar-refractivity contribution in [1.82, 2.24) is 9.88 Å². The summed E-state index contributed by atoms with van der Waals surface area (Å²) in [6.45, 7) is 0.968. The highest BCUT2D eigenvalue weighted by Gasteiger charge is 2.34. The van der Waals surface area contributed by atoms with Gasteiger partial charge < -0.3 is 14.6 Å². The molecule has 0 spiro atoms. The first-order chi connectivity index (χ1) is 9.67. The fourth-order valence-corrected chi connectivity index (χ4v) is 2.66. The Bertz CT molecular complexity index is 662. The molecule has 1 fully saturated rings. The summed E-state index contributed by atoms with van der Waals surface area (Å²) in [5.41, 5.74) is 2.11. The Balaban J connectivity index is 1.74. The van der Waals surface area contributed by atoms with Gasteiger partial charge in [-0.25, -0.2) is 0 Å².